The fourth-order valence-corrected chi connectivity index (χ4v) is 1.99. The van der Waals surface area contributed by atoms with E-state index in [0.717, 1.165) is 19.3 Å². The number of hydrogen-bond acceptors (Lipinski definition) is 4. The van der Waals surface area contributed by atoms with Crippen LogP contribution in [-0.4, -0.2) is 40.3 Å². The van der Waals surface area contributed by atoms with E-state index in [1.54, 1.807) is 19.9 Å². The fourth-order valence-electron chi connectivity index (χ4n) is 1.85. The van der Waals surface area contributed by atoms with Crippen molar-refractivity contribution >= 4 is 29.2 Å². The van der Waals surface area contributed by atoms with Crippen LogP contribution >= 0.6 is 11.6 Å². The maximum atomic E-state index is 12.0. The summed E-state index contributed by atoms with van der Waals surface area (Å²) in [6, 6.07) is 1.62. The zero-order valence-corrected chi connectivity index (χ0v) is 13.4. The highest BCUT2D eigenvalue weighted by Gasteiger charge is 2.21. The third-order valence-corrected chi connectivity index (χ3v) is 3.10. The standard InChI is InChI=1S/C14H22ClN3O3/c1-4-5-6-7-18(14(20)11(3)15)9-13(19)16-12-8-10(2)21-17-12/h8,11H,4-7,9H2,1-3H3,(H,16,17,19). The molecule has 0 aromatic carbocycles. The van der Waals surface area contributed by atoms with Crippen LogP contribution in [0.1, 0.15) is 38.9 Å². The lowest BCUT2D eigenvalue weighted by molar-refractivity contribution is -0.134. The molecule has 0 saturated carbocycles. The second kappa shape index (κ2) is 8.67. The van der Waals surface area contributed by atoms with Gasteiger partial charge in [0.05, 0.1) is 6.54 Å². The molecule has 6 nitrogen and oxygen atoms in total. The van der Waals surface area contributed by atoms with Crippen LogP contribution in [0.25, 0.3) is 0 Å². The second-order valence-corrected chi connectivity index (χ2v) is 5.61. The smallest absolute Gasteiger partial charge is 0.245 e. The Balaban J connectivity index is 2.57. The Labute approximate surface area is 129 Å². The zero-order chi connectivity index (χ0) is 15.8. The molecule has 0 aliphatic carbocycles. The van der Waals surface area contributed by atoms with E-state index >= 15 is 0 Å². The maximum Gasteiger partial charge on any atom is 0.245 e. The summed E-state index contributed by atoms with van der Waals surface area (Å²) < 4.78 is 4.87. The topological polar surface area (TPSA) is 75.4 Å². The molecule has 118 valence electrons. The summed E-state index contributed by atoms with van der Waals surface area (Å²) in [7, 11) is 0. The van der Waals surface area contributed by atoms with Gasteiger partial charge >= 0.3 is 0 Å². The highest BCUT2D eigenvalue weighted by atomic mass is 35.5. The van der Waals surface area contributed by atoms with Crippen LogP contribution in [-0.2, 0) is 9.59 Å². The monoisotopic (exact) mass is 315 g/mol. The SMILES string of the molecule is CCCCCN(CC(=O)Nc1cc(C)on1)C(=O)C(C)Cl. The van der Waals surface area contributed by atoms with E-state index in [4.69, 9.17) is 16.1 Å². The molecule has 0 aliphatic rings. The van der Waals surface area contributed by atoms with Crippen molar-refractivity contribution in [3.8, 4) is 0 Å². The second-order valence-electron chi connectivity index (χ2n) is 4.95. The van der Waals surface area contributed by atoms with Crippen LogP contribution in [0, 0.1) is 6.92 Å². The molecule has 0 spiro atoms. The van der Waals surface area contributed by atoms with Gasteiger partial charge in [0.15, 0.2) is 5.82 Å². The van der Waals surface area contributed by atoms with Crippen LogP contribution in [0.3, 0.4) is 0 Å². The summed E-state index contributed by atoms with van der Waals surface area (Å²) in [5, 5.41) is 5.63. The van der Waals surface area contributed by atoms with E-state index in [9.17, 15) is 9.59 Å². The lowest BCUT2D eigenvalue weighted by Crippen LogP contribution is -2.41. The van der Waals surface area contributed by atoms with Crippen LogP contribution in [0.4, 0.5) is 5.82 Å². The van der Waals surface area contributed by atoms with E-state index in [2.05, 4.69) is 17.4 Å². The first-order valence-corrected chi connectivity index (χ1v) is 7.53. The Morgan fingerprint density at radius 2 is 2.19 bits per heavy atom. The third-order valence-electron chi connectivity index (χ3n) is 2.91. The van der Waals surface area contributed by atoms with Crippen molar-refractivity contribution in [1.82, 2.24) is 10.1 Å². The molecule has 1 aromatic heterocycles. The van der Waals surface area contributed by atoms with Gasteiger partial charge in [-0.3, -0.25) is 9.59 Å². The molecule has 0 radical (unpaired) electrons. The van der Waals surface area contributed by atoms with Crippen LogP contribution in [0.5, 0.6) is 0 Å². The van der Waals surface area contributed by atoms with E-state index in [-0.39, 0.29) is 18.4 Å². The van der Waals surface area contributed by atoms with Gasteiger partial charge in [0.1, 0.15) is 11.1 Å². The molecule has 21 heavy (non-hydrogen) atoms. The summed E-state index contributed by atoms with van der Waals surface area (Å²) in [6.07, 6.45) is 2.90. The molecule has 0 bridgehead atoms. The minimum Gasteiger partial charge on any atom is -0.360 e. The molecule has 0 aliphatic heterocycles. The van der Waals surface area contributed by atoms with Gasteiger partial charge in [-0.15, -0.1) is 11.6 Å². The van der Waals surface area contributed by atoms with E-state index in [1.165, 1.54) is 4.90 Å². The van der Waals surface area contributed by atoms with Gasteiger partial charge in [0, 0.05) is 12.6 Å². The van der Waals surface area contributed by atoms with Crippen molar-refractivity contribution in [2.24, 2.45) is 0 Å². The predicted molar refractivity (Wildman–Crippen MR) is 81.3 cm³/mol. The molecule has 1 heterocycles. The Morgan fingerprint density at radius 3 is 2.71 bits per heavy atom. The van der Waals surface area contributed by atoms with Crippen molar-refractivity contribution in [3.63, 3.8) is 0 Å². The van der Waals surface area contributed by atoms with E-state index < -0.39 is 5.38 Å². The first-order chi connectivity index (χ1) is 9.93. The number of aromatic nitrogens is 1. The number of rotatable bonds is 8. The number of carbonyl (C=O) groups is 2. The number of nitrogens with one attached hydrogen (secondary N) is 1. The van der Waals surface area contributed by atoms with Gasteiger partial charge in [0.25, 0.3) is 0 Å². The van der Waals surface area contributed by atoms with Crippen molar-refractivity contribution in [2.75, 3.05) is 18.4 Å². The molecular weight excluding hydrogens is 294 g/mol. The predicted octanol–water partition coefficient (Wildman–Crippen LogP) is 2.57. The maximum absolute atomic E-state index is 12.0. The Bertz CT molecular complexity index is 474. The average Bonchev–Trinajstić information content (AvgIpc) is 2.82. The van der Waals surface area contributed by atoms with E-state index in [0.29, 0.717) is 18.1 Å². The number of unbranched alkanes of at least 4 members (excludes halogenated alkanes) is 2. The molecule has 2 amide bonds. The quantitative estimate of drug-likeness (QED) is 0.591. The summed E-state index contributed by atoms with van der Waals surface area (Å²) in [4.78, 5) is 25.5. The summed E-state index contributed by atoms with van der Waals surface area (Å²) in [5.74, 6) is 0.401. The molecule has 1 unspecified atom stereocenters. The van der Waals surface area contributed by atoms with Gasteiger partial charge in [-0.05, 0) is 20.3 Å². The first kappa shape index (κ1) is 17.5. The van der Waals surface area contributed by atoms with Crippen LogP contribution < -0.4 is 5.32 Å². The summed E-state index contributed by atoms with van der Waals surface area (Å²) in [6.45, 7) is 5.91. The van der Waals surface area contributed by atoms with Crippen molar-refractivity contribution in [1.29, 1.82) is 0 Å². The fraction of sp³-hybridized carbons (Fsp3) is 0.643. The normalized spacial score (nSPS) is 12.0. The van der Waals surface area contributed by atoms with Crippen LogP contribution in [0.15, 0.2) is 10.6 Å². The number of alkyl halides is 1. The third kappa shape index (κ3) is 6.16. The van der Waals surface area contributed by atoms with Gasteiger partial charge in [-0.25, -0.2) is 0 Å². The van der Waals surface area contributed by atoms with Crippen molar-refractivity contribution in [2.45, 2.75) is 45.4 Å². The Hall–Kier alpha value is -1.56. The average molecular weight is 316 g/mol. The van der Waals surface area contributed by atoms with Crippen molar-refractivity contribution < 1.29 is 14.1 Å². The Morgan fingerprint density at radius 1 is 1.48 bits per heavy atom. The molecule has 1 N–H and O–H groups in total. The van der Waals surface area contributed by atoms with Gasteiger partial charge in [0.2, 0.25) is 11.8 Å². The first-order valence-electron chi connectivity index (χ1n) is 7.10. The van der Waals surface area contributed by atoms with Gasteiger partial charge in [-0.1, -0.05) is 24.9 Å². The molecule has 0 fully saturated rings. The minimum atomic E-state index is -0.645. The lowest BCUT2D eigenvalue weighted by Gasteiger charge is -2.23. The molecule has 0 saturated heterocycles. The highest BCUT2D eigenvalue weighted by Crippen LogP contribution is 2.09. The minimum absolute atomic E-state index is 0.0362. The zero-order valence-electron chi connectivity index (χ0n) is 12.7. The molecular formula is C14H22ClN3O3. The molecule has 7 heteroatoms. The van der Waals surface area contributed by atoms with E-state index in [1.807, 2.05) is 0 Å². The number of carbonyl (C=O) groups excluding carboxylic acids is 2. The Kier molecular flexibility index (Phi) is 7.22. The number of amides is 2. The van der Waals surface area contributed by atoms with Crippen molar-refractivity contribution in [3.05, 3.63) is 11.8 Å². The lowest BCUT2D eigenvalue weighted by atomic mass is 10.2. The van der Waals surface area contributed by atoms with Crippen LogP contribution in [0.2, 0.25) is 0 Å². The number of hydrogen-bond donors (Lipinski definition) is 1. The number of anilines is 1. The largest absolute Gasteiger partial charge is 0.360 e. The molecule has 1 aromatic rings. The summed E-state index contributed by atoms with van der Waals surface area (Å²) in [5.41, 5.74) is 0. The van der Waals surface area contributed by atoms with Gasteiger partial charge < -0.3 is 14.7 Å². The molecule has 1 rings (SSSR count). The number of halogens is 1. The number of aryl methyl sites for hydroxylation is 1. The number of nitrogens with zero attached hydrogens (tertiary/aromatic N) is 2. The summed E-state index contributed by atoms with van der Waals surface area (Å²) >= 11 is 5.83. The van der Waals surface area contributed by atoms with Gasteiger partial charge in [-0.2, -0.15) is 0 Å². The molecule has 1 atom stereocenters. The highest BCUT2D eigenvalue weighted by molar-refractivity contribution is 6.30.